The van der Waals surface area contributed by atoms with Crippen LogP contribution >= 0.6 is 0 Å². The molecule has 1 aliphatic heterocycles. The second-order valence-electron chi connectivity index (χ2n) is 6.32. The molecule has 0 radical (unpaired) electrons. The first-order valence-corrected chi connectivity index (χ1v) is 10.2. The molecule has 0 aliphatic carbocycles. The number of carbonyl (C=O) groups excluding carboxylic acids is 2. The number of amides is 2. The van der Waals surface area contributed by atoms with Crippen molar-refractivity contribution < 1.29 is 31.2 Å². The van der Waals surface area contributed by atoms with Crippen LogP contribution in [0, 0.1) is 5.92 Å². The van der Waals surface area contributed by atoms with Crippen molar-refractivity contribution in [1.82, 2.24) is 9.62 Å². The summed E-state index contributed by atoms with van der Waals surface area (Å²) in [6, 6.07) is 5.63. The fraction of sp³-hybridized carbons (Fsp3) is 0.529. The maximum Gasteiger partial charge on any atom is 0.405 e. The van der Waals surface area contributed by atoms with E-state index in [1.807, 2.05) is 0 Å². The molecular formula is C17H22F3N3O4S. The third-order valence-electron chi connectivity index (χ3n) is 4.45. The summed E-state index contributed by atoms with van der Waals surface area (Å²) in [5.41, 5.74) is 0.384. The number of hydrogen-bond donors (Lipinski definition) is 1. The lowest BCUT2D eigenvalue weighted by molar-refractivity contribution is -0.140. The highest BCUT2D eigenvalue weighted by atomic mass is 32.2. The summed E-state index contributed by atoms with van der Waals surface area (Å²) in [6.07, 6.45) is -4.73. The molecule has 7 nitrogen and oxygen atoms in total. The normalized spacial score (nSPS) is 18.0. The van der Waals surface area contributed by atoms with E-state index in [2.05, 4.69) is 0 Å². The molecule has 1 aromatic rings. The van der Waals surface area contributed by atoms with Crippen LogP contribution in [0.3, 0.4) is 0 Å². The van der Waals surface area contributed by atoms with Crippen molar-refractivity contribution in [3.63, 3.8) is 0 Å². The smallest absolute Gasteiger partial charge is 0.347 e. The second-order valence-corrected chi connectivity index (χ2v) is 8.26. The van der Waals surface area contributed by atoms with Gasteiger partial charge in [0.1, 0.15) is 6.54 Å². The van der Waals surface area contributed by atoms with Gasteiger partial charge in [-0.25, -0.2) is 8.42 Å². The summed E-state index contributed by atoms with van der Waals surface area (Å²) < 4.78 is 62.9. The molecule has 2 amide bonds. The molecule has 2 rings (SSSR count). The van der Waals surface area contributed by atoms with Crippen molar-refractivity contribution in [3.05, 3.63) is 24.3 Å². The van der Waals surface area contributed by atoms with Crippen molar-refractivity contribution in [2.75, 3.05) is 31.1 Å². The molecule has 1 saturated heterocycles. The molecule has 1 aliphatic rings. The number of hydrogen-bond acceptors (Lipinski definition) is 4. The molecule has 11 heteroatoms. The third-order valence-corrected chi connectivity index (χ3v) is 6.51. The van der Waals surface area contributed by atoms with Gasteiger partial charge in [-0.1, -0.05) is 13.8 Å². The molecule has 1 N–H and O–H groups in total. The van der Waals surface area contributed by atoms with E-state index < -0.39 is 40.5 Å². The van der Waals surface area contributed by atoms with Gasteiger partial charge in [0.2, 0.25) is 21.8 Å². The number of carbonyl (C=O) groups is 2. The fourth-order valence-corrected chi connectivity index (χ4v) is 4.43. The Morgan fingerprint density at radius 3 is 2.29 bits per heavy atom. The van der Waals surface area contributed by atoms with E-state index in [1.165, 1.54) is 33.5 Å². The average molecular weight is 421 g/mol. The Balaban J connectivity index is 2.10. The lowest BCUT2D eigenvalue weighted by Crippen LogP contribution is -2.38. The molecule has 0 spiro atoms. The summed E-state index contributed by atoms with van der Waals surface area (Å²) in [5, 5.41) is 1.78. The summed E-state index contributed by atoms with van der Waals surface area (Å²) >= 11 is 0. The topological polar surface area (TPSA) is 86.8 Å². The van der Waals surface area contributed by atoms with Crippen molar-refractivity contribution in [2.24, 2.45) is 5.92 Å². The van der Waals surface area contributed by atoms with Crippen LogP contribution in [0.15, 0.2) is 29.2 Å². The Bertz CT molecular complexity index is 821. The predicted molar refractivity (Wildman–Crippen MR) is 96.1 cm³/mol. The van der Waals surface area contributed by atoms with E-state index in [4.69, 9.17) is 0 Å². The van der Waals surface area contributed by atoms with Crippen LogP contribution < -0.4 is 10.2 Å². The summed E-state index contributed by atoms with van der Waals surface area (Å²) in [7, 11) is -3.64. The summed E-state index contributed by atoms with van der Waals surface area (Å²) in [5.74, 6) is -2.14. The van der Waals surface area contributed by atoms with Crippen LogP contribution in [-0.4, -0.2) is 56.9 Å². The van der Waals surface area contributed by atoms with Gasteiger partial charge >= 0.3 is 6.18 Å². The third kappa shape index (κ3) is 5.02. The summed E-state index contributed by atoms with van der Waals surface area (Å²) in [6.45, 7) is 2.57. The van der Waals surface area contributed by atoms with E-state index >= 15 is 0 Å². The number of halogens is 3. The van der Waals surface area contributed by atoms with Gasteiger partial charge in [0.15, 0.2) is 0 Å². The lowest BCUT2D eigenvalue weighted by Gasteiger charge is -2.20. The van der Waals surface area contributed by atoms with Gasteiger partial charge in [0, 0.05) is 31.7 Å². The second kappa shape index (κ2) is 8.48. The molecule has 28 heavy (non-hydrogen) atoms. The number of benzene rings is 1. The zero-order valence-electron chi connectivity index (χ0n) is 15.5. The molecule has 0 aromatic heterocycles. The molecule has 1 unspecified atom stereocenters. The van der Waals surface area contributed by atoms with Gasteiger partial charge in [-0.3, -0.25) is 9.59 Å². The highest BCUT2D eigenvalue weighted by molar-refractivity contribution is 7.89. The molecule has 1 aromatic carbocycles. The maximum atomic E-state index is 12.5. The van der Waals surface area contributed by atoms with Crippen LogP contribution in [0.1, 0.15) is 20.3 Å². The van der Waals surface area contributed by atoms with E-state index in [9.17, 15) is 31.2 Å². The Morgan fingerprint density at radius 2 is 1.79 bits per heavy atom. The van der Waals surface area contributed by atoms with Crippen LogP contribution in [-0.2, 0) is 19.6 Å². The van der Waals surface area contributed by atoms with Crippen molar-refractivity contribution >= 4 is 27.5 Å². The van der Waals surface area contributed by atoms with Crippen LogP contribution in [0.5, 0.6) is 0 Å². The molecule has 1 heterocycles. The number of alkyl halides is 3. The molecule has 1 atom stereocenters. The van der Waals surface area contributed by atoms with Gasteiger partial charge in [0.25, 0.3) is 0 Å². The highest BCUT2D eigenvalue weighted by Gasteiger charge is 2.37. The van der Waals surface area contributed by atoms with E-state index in [-0.39, 0.29) is 17.9 Å². The Labute approximate surface area is 161 Å². The number of nitrogens with zero attached hydrogens (tertiary/aromatic N) is 2. The van der Waals surface area contributed by atoms with Gasteiger partial charge in [0.05, 0.1) is 10.8 Å². The van der Waals surface area contributed by atoms with Gasteiger partial charge in [-0.15, -0.1) is 0 Å². The SMILES string of the molecule is CCN(CC)S(=O)(=O)c1ccc(N2CC(C(=O)NCC(F)(F)F)CC2=O)cc1. The molecule has 1 fully saturated rings. The maximum absolute atomic E-state index is 12.5. The fourth-order valence-electron chi connectivity index (χ4n) is 2.98. The zero-order valence-corrected chi connectivity index (χ0v) is 16.3. The molecule has 156 valence electrons. The Hall–Kier alpha value is -2.14. The first-order chi connectivity index (χ1) is 13.0. The first-order valence-electron chi connectivity index (χ1n) is 8.74. The van der Waals surface area contributed by atoms with E-state index in [1.54, 1.807) is 19.2 Å². The predicted octanol–water partition coefficient (Wildman–Crippen LogP) is 1.75. The monoisotopic (exact) mass is 421 g/mol. The van der Waals surface area contributed by atoms with Crippen LogP contribution in [0.4, 0.5) is 18.9 Å². The van der Waals surface area contributed by atoms with Gasteiger partial charge < -0.3 is 10.2 Å². The zero-order chi connectivity index (χ0) is 21.1. The average Bonchev–Trinajstić information content (AvgIpc) is 3.02. The van der Waals surface area contributed by atoms with Crippen LogP contribution in [0.2, 0.25) is 0 Å². The first kappa shape index (κ1) is 22.2. The number of nitrogens with one attached hydrogen (secondary N) is 1. The molecule has 0 bridgehead atoms. The quantitative estimate of drug-likeness (QED) is 0.727. The molecule has 0 saturated carbocycles. The largest absolute Gasteiger partial charge is 0.405 e. The Morgan fingerprint density at radius 1 is 1.21 bits per heavy atom. The van der Waals surface area contributed by atoms with Crippen molar-refractivity contribution in [2.45, 2.75) is 31.3 Å². The van der Waals surface area contributed by atoms with E-state index in [0.717, 1.165) is 0 Å². The van der Waals surface area contributed by atoms with Crippen molar-refractivity contribution in [1.29, 1.82) is 0 Å². The van der Waals surface area contributed by atoms with Crippen molar-refractivity contribution in [3.8, 4) is 0 Å². The summed E-state index contributed by atoms with van der Waals surface area (Å²) in [4.78, 5) is 25.4. The minimum absolute atomic E-state index is 0.0648. The number of sulfonamides is 1. The van der Waals surface area contributed by atoms with Gasteiger partial charge in [-0.05, 0) is 24.3 Å². The Kier molecular flexibility index (Phi) is 6.71. The number of anilines is 1. The number of rotatable bonds is 7. The van der Waals surface area contributed by atoms with E-state index in [0.29, 0.717) is 18.8 Å². The lowest BCUT2D eigenvalue weighted by atomic mass is 10.1. The van der Waals surface area contributed by atoms with Crippen LogP contribution in [0.25, 0.3) is 0 Å². The van der Waals surface area contributed by atoms with Gasteiger partial charge in [-0.2, -0.15) is 17.5 Å². The standard InChI is InChI=1S/C17H22F3N3O4S/c1-3-22(4-2)28(26,27)14-7-5-13(6-8-14)23-10-12(9-15(23)24)16(25)21-11-17(18,19)20/h5-8,12H,3-4,9-11H2,1-2H3,(H,21,25). The molecular weight excluding hydrogens is 399 g/mol. The minimum atomic E-state index is -4.52. The highest BCUT2D eigenvalue weighted by Crippen LogP contribution is 2.27. The minimum Gasteiger partial charge on any atom is -0.347 e.